The third-order valence-electron chi connectivity index (χ3n) is 4.67. The van der Waals surface area contributed by atoms with Crippen molar-refractivity contribution in [3.8, 4) is 11.5 Å². The summed E-state index contributed by atoms with van der Waals surface area (Å²) in [7, 11) is -4.01. The third-order valence-corrected chi connectivity index (χ3v) is 6.76. The number of hydrogen-bond acceptors (Lipinski definition) is 5. The highest BCUT2D eigenvalue weighted by atomic mass is 35.5. The summed E-state index contributed by atoms with van der Waals surface area (Å²) in [6.07, 6.45) is 0. The Morgan fingerprint density at radius 1 is 0.968 bits per heavy atom. The predicted molar refractivity (Wildman–Crippen MR) is 117 cm³/mol. The van der Waals surface area contributed by atoms with Gasteiger partial charge in [0.25, 0.3) is 10.0 Å². The Hall–Kier alpha value is -3.23. The van der Waals surface area contributed by atoms with Gasteiger partial charge in [-0.15, -0.1) is 0 Å². The summed E-state index contributed by atoms with van der Waals surface area (Å²) in [6, 6.07) is 19.8. The van der Waals surface area contributed by atoms with Crippen molar-refractivity contribution in [3.63, 3.8) is 0 Å². The lowest BCUT2D eigenvalue weighted by Gasteiger charge is -2.25. The van der Waals surface area contributed by atoms with E-state index in [1.165, 1.54) is 12.1 Å². The number of hydrogen-bond donors (Lipinski definition) is 1. The molecule has 1 aliphatic heterocycles. The summed E-state index contributed by atoms with van der Waals surface area (Å²) < 4.78 is 38.2. The molecule has 0 spiro atoms. The maximum absolute atomic E-state index is 13.3. The van der Waals surface area contributed by atoms with Crippen molar-refractivity contribution in [2.75, 3.05) is 17.6 Å². The molecule has 0 saturated heterocycles. The van der Waals surface area contributed by atoms with Crippen LogP contribution in [0.15, 0.2) is 77.7 Å². The molecule has 1 heterocycles. The Labute approximate surface area is 185 Å². The average molecular weight is 459 g/mol. The van der Waals surface area contributed by atoms with E-state index in [1.807, 2.05) is 0 Å². The molecule has 9 heteroatoms. The molecule has 160 valence electrons. The highest BCUT2D eigenvalue weighted by molar-refractivity contribution is 7.92. The van der Waals surface area contributed by atoms with Gasteiger partial charge in [-0.05, 0) is 42.0 Å². The van der Waals surface area contributed by atoms with E-state index in [0.29, 0.717) is 11.5 Å². The van der Waals surface area contributed by atoms with E-state index in [0.717, 1.165) is 9.87 Å². The molecule has 0 fully saturated rings. The number of carbonyl (C=O) groups excluding carboxylic acids is 1. The topological polar surface area (TPSA) is 84.9 Å². The first-order chi connectivity index (χ1) is 14.9. The van der Waals surface area contributed by atoms with E-state index in [1.54, 1.807) is 60.7 Å². The van der Waals surface area contributed by atoms with Crippen LogP contribution in [0.1, 0.15) is 5.56 Å². The van der Waals surface area contributed by atoms with Crippen LogP contribution < -0.4 is 19.1 Å². The number of nitrogens with zero attached hydrogens (tertiary/aromatic N) is 1. The molecule has 1 amide bonds. The van der Waals surface area contributed by atoms with Gasteiger partial charge in [-0.1, -0.05) is 48.0 Å². The minimum Gasteiger partial charge on any atom is -0.454 e. The molecule has 0 atom stereocenters. The zero-order chi connectivity index (χ0) is 21.8. The lowest BCUT2D eigenvalue weighted by Crippen LogP contribution is -2.40. The number of ether oxygens (including phenoxy) is 2. The monoisotopic (exact) mass is 458 g/mol. The first-order valence-corrected chi connectivity index (χ1v) is 11.2. The molecule has 0 unspecified atom stereocenters. The Kier molecular flexibility index (Phi) is 6.01. The minimum absolute atomic E-state index is 0.0680. The van der Waals surface area contributed by atoms with E-state index in [-0.39, 0.29) is 28.9 Å². The highest BCUT2D eigenvalue weighted by Gasteiger charge is 2.28. The second kappa shape index (κ2) is 8.87. The molecule has 0 bridgehead atoms. The largest absolute Gasteiger partial charge is 0.454 e. The van der Waals surface area contributed by atoms with E-state index in [9.17, 15) is 13.2 Å². The molecule has 1 N–H and O–H groups in total. The maximum atomic E-state index is 13.3. The van der Waals surface area contributed by atoms with Crippen molar-refractivity contribution in [1.82, 2.24) is 5.32 Å². The quantitative estimate of drug-likeness (QED) is 0.585. The normalized spacial score (nSPS) is 12.4. The molecule has 3 aromatic carbocycles. The summed E-state index contributed by atoms with van der Waals surface area (Å²) in [4.78, 5) is 12.8. The zero-order valence-corrected chi connectivity index (χ0v) is 17.9. The molecule has 3 aromatic rings. The number of fused-ring (bicyclic) bond motifs is 1. The van der Waals surface area contributed by atoms with E-state index in [4.69, 9.17) is 21.1 Å². The second-order valence-corrected chi connectivity index (χ2v) is 9.01. The molecule has 1 aliphatic rings. The molecule has 0 aliphatic carbocycles. The summed E-state index contributed by atoms with van der Waals surface area (Å²) in [5.41, 5.74) is 1.03. The zero-order valence-electron chi connectivity index (χ0n) is 16.3. The summed E-state index contributed by atoms with van der Waals surface area (Å²) >= 11 is 6.26. The van der Waals surface area contributed by atoms with Crippen LogP contribution in [-0.2, 0) is 21.4 Å². The van der Waals surface area contributed by atoms with Crippen LogP contribution in [0.3, 0.4) is 0 Å². The number of halogens is 1. The fourth-order valence-electron chi connectivity index (χ4n) is 3.11. The van der Waals surface area contributed by atoms with Crippen LogP contribution in [-0.4, -0.2) is 27.7 Å². The van der Waals surface area contributed by atoms with Crippen LogP contribution in [0, 0.1) is 0 Å². The van der Waals surface area contributed by atoms with E-state index in [2.05, 4.69) is 5.32 Å². The van der Waals surface area contributed by atoms with Crippen molar-refractivity contribution < 1.29 is 22.7 Å². The molecular formula is C22H19ClN2O5S. The SMILES string of the molecule is O=C(CN(c1ccccc1Cl)S(=O)(=O)c1ccccc1)NCc1ccc2c(c1)OCO2. The van der Waals surface area contributed by atoms with Crippen LogP contribution >= 0.6 is 11.6 Å². The van der Waals surface area contributed by atoms with Gasteiger partial charge in [-0.2, -0.15) is 0 Å². The van der Waals surface area contributed by atoms with Gasteiger partial charge in [0, 0.05) is 6.54 Å². The van der Waals surface area contributed by atoms with Gasteiger partial charge < -0.3 is 14.8 Å². The molecule has 4 rings (SSSR count). The predicted octanol–water partition coefficient (Wildman–Crippen LogP) is 3.58. The number of sulfonamides is 1. The maximum Gasteiger partial charge on any atom is 0.264 e. The van der Waals surface area contributed by atoms with Gasteiger partial charge in [0.05, 0.1) is 15.6 Å². The van der Waals surface area contributed by atoms with Gasteiger partial charge >= 0.3 is 0 Å². The molecule has 7 nitrogen and oxygen atoms in total. The molecule has 0 radical (unpaired) electrons. The van der Waals surface area contributed by atoms with Crippen molar-refractivity contribution >= 4 is 33.2 Å². The van der Waals surface area contributed by atoms with Crippen LogP contribution in [0.2, 0.25) is 5.02 Å². The lowest BCUT2D eigenvalue weighted by molar-refractivity contribution is -0.119. The Balaban J connectivity index is 1.55. The number of carbonyl (C=O) groups is 1. The van der Waals surface area contributed by atoms with E-state index < -0.39 is 22.5 Å². The molecule has 0 saturated carbocycles. The van der Waals surface area contributed by atoms with Gasteiger partial charge in [0.1, 0.15) is 6.54 Å². The Morgan fingerprint density at radius 3 is 2.45 bits per heavy atom. The van der Waals surface area contributed by atoms with Crippen molar-refractivity contribution in [2.24, 2.45) is 0 Å². The fourth-order valence-corrected chi connectivity index (χ4v) is 4.86. The smallest absolute Gasteiger partial charge is 0.264 e. The third kappa shape index (κ3) is 4.60. The first-order valence-electron chi connectivity index (χ1n) is 9.43. The van der Waals surface area contributed by atoms with E-state index >= 15 is 0 Å². The number of anilines is 1. The van der Waals surface area contributed by atoms with Crippen molar-refractivity contribution in [3.05, 3.63) is 83.4 Å². The van der Waals surface area contributed by atoms with Gasteiger partial charge in [-0.25, -0.2) is 8.42 Å². The van der Waals surface area contributed by atoms with Crippen molar-refractivity contribution in [2.45, 2.75) is 11.4 Å². The Morgan fingerprint density at radius 2 is 1.68 bits per heavy atom. The number of nitrogens with one attached hydrogen (secondary N) is 1. The summed E-state index contributed by atoms with van der Waals surface area (Å²) in [5, 5.41) is 2.98. The van der Waals surface area contributed by atoms with Crippen LogP contribution in [0.4, 0.5) is 5.69 Å². The summed E-state index contributed by atoms with van der Waals surface area (Å²) in [6.45, 7) is -0.0575. The number of rotatable bonds is 7. The van der Waals surface area contributed by atoms with Crippen LogP contribution in [0.25, 0.3) is 0 Å². The number of benzene rings is 3. The first kappa shape index (κ1) is 21.0. The van der Waals surface area contributed by atoms with Crippen molar-refractivity contribution in [1.29, 1.82) is 0 Å². The number of amides is 1. The molecule has 31 heavy (non-hydrogen) atoms. The molecule has 0 aromatic heterocycles. The molecular weight excluding hydrogens is 440 g/mol. The Bertz CT molecular complexity index is 1200. The number of para-hydroxylation sites is 1. The van der Waals surface area contributed by atoms with Gasteiger partial charge in [-0.3, -0.25) is 9.10 Å². The second-order valence-electron chi connectivity index (χ2n) is 6.74. The standard InChI is InChI=1S/C22H19ClN2O5S/c23-18-8-4-5-9-19(18)25(31(27,28)17-6-2-1-3-7-17)14-22(26)24-13-16-10-11-20-21(12-16)30-15-29-20/h1-12H,13-15H2,(H,24,26). The highest BCUT2D eigenvalue weighted by Crippen LogP contribution is 2.33. The van der Waals surface area contributed by atoms with Gasteiger partial charge in [0.15, 0.2) is 11.5 Å². The average Bonchev–Trinajstić information content (AvgIpc) is 3.25. The fraction of sp³-hybridized carbons (Fsp3) is 0.136. The minimum atomic E-state index is -4.01. The van der Waals surface area contributed by atoms with Gasteiger partial charge in [0.2, 0.25) is 12.7 Å². The summed E-state index contributed by atoms with van der Waals surface area (Å²) in [5.74, 6) is 0.780. The lowest BCUT2D eigenvalue weighted by atomic mass is 10.2. The van der Waals surface area contributed by atoms with Crippen LogP contribution in [0.5, 0.6) is 11.5 Å².